The molecule has 0 aliphatic carbocycles. The molecule has 1 aromatic rings. The highest BCUT2D eigenvalue weighted by molar-refractivity contribution is 6.28. The molecule has 1 rings (SSSR count). The summed E-state index contributed by atoms with van der Waals surface area (Å²) in [7, 11) is 1.09. The number of hydrogen-bond acceptors (Lipinski definition) is 6. The van der Waals surface area contributed by atoms with E-state index in [0.717, 1.165) is 7.11 Å². The summed E-state index contributed by atoms with van der Waals surface area (Å²) in [5.74, 6) is -0.955. The highest BCUT2D eigenvalue weighted by Gasteiger charge is 2.29. The van der Waals surface area contributed by atoms with E-state index in [1.165, 1.54) is 6.92 Å². The van der Waals surface area contributed by atoms with Gasteiger partial charge in [0.15, 0.2) is 0 Å². The third kappa shape index (κ3) is 2.56. The molecule has 0 saturated carbocycles. The van der Waals surface area contributed by atoms with Crippen LogP contribution in [0, 0.1) is 10.1 Å². The molecule has 0 aliphatic rings. The number of hydrogen-bond donors (Lipinski definition) is 0. The van der Waals surface area contributed by atoms with Gasteiger partial charge < -0.3 is 4.74 Å². The van der Waals surface area contributed by atoms with Gasteiger partial charge in [0.05, 0.1) is 12.0 Å². The van der Waals surface area contributed by atoms with E-state index in [-0.39, 0.29) is 11.0 Å². The van der Waals surface area contributed by atoms with Gasteiger partial charge in [-0.1, -0.05) is 6.58 Å². The van der Waals surface area contributed by atoms with Crippen LogP contribution < -0.4 is 0 Å². The Balaban J connectivity index is 3.63. The predicted octanol–water partition coefficient (Wildman–Crippen LogP) is 1.86. The number of nitrogens with zero attached hydrogens (tertiary/aromatic N) is 3. The van der Waals surface area contributed by atoms with E-state index in [4.69, 9.17) is 11.6 Å². The number of esters is 1. The summed E-state index contributed by atoms with van der Waals surface area (Å²) in [6.45, 7) is 5.04. The fraction of sp³-hybridized carbons (Fsp3) is 0.222. The zero-order valence-electron chi connectivity index (χ0n) is 9.06. The van der Waals surface area contributed by atoms with Crippen LogP contribution in [0.2, 0.25) is 5.28 Å². The van der Waals surface area contributed by atoms with Crippen molar-refractivity contribution in [3.63, 3.8) is 0 Å². The minimum Gasteiger partial charge on any atom is -0.464 e. The molecule has 0 fully saturated rings. The average molecular weight is 258 g/mol. The summed E-state index contributed by atoms with van der Waals surface area (Å²) in [4.78, 5) is 28.7. The third-order valence-corrected chi connectivity index (χ3v) is 1.99. The van der Waals surface area contributed by atoms with Crippen molar-refractivity contribution in [2.75, 3.05) is 7.11 Å². The number of carbonyl (C=O) groups excluding carboxylic acids is 1. The van der Waals surface area contributed by atoms with E-state index < -0.39 is 22.3 Å². The van der Waals surface area contributed by atoms with Crippen molar-refractivity contribution in [3.8, 4) is 0 Å². The second-order valence-electron chi connectivity index (χ2n) is 3.07. The molecule has 0 radical (unpaired) electrons. The number of carbonyl (C=O) groups is 1. The highest BCUT2D eigenvalue weighted by Crippen LogP contribution is 2.27. The van der Waals surface area contributed by atoms with E-state index in [0.29, 0.717) is 5.57 Å². The number of ether oxygens (including phenoxy) is 1. The quantitative estimate of drug-likeness (QED) is 0.355. The van der Waals surface area contributed by atoms with E-state index in [2.05, 4.69) is 21.3 Å². The van der Waals surface area contributed by atoms with Gasteiger partial charge in [-0.2, -0.15) is 0 Å². The maximum atomic E-state index is 11.4. The van der Waals surface area contributed by atoms with E-state index in [1.54, 1.807) is 0 Å². The first-order chi connectivity index (χ1) is 7.88. The standard InChI is InChI=1S/C9H8ClN3O4/c1-4(2)5-7(13(15)16)6(8(14)17-3)12-9(10)11-5/h1H2,2-3H3. The Morgan fingerprint density at radius 1 is 1.47 bits per heavy atom. The Morgan fingerprint density at radius 2 is 2.00 bits per heavy atom. The lowest BCUT2D eigenvalue weighted by molar-refractivity contribution is -0.386. The molecule has 0 aromatic carbocycles. The van der Waals surface area contributed by atoms with Crippen molar-refractivity contribution in [1.29, 1.82) is 0 Å². The Bertz CT molecular complexity index is 515. The minimum absolute atomic E-state index is 0.0876. The van der Waals surface area contributed by atoms with Crippen molar-refractivity contribution in [1.82, 2.24) is 9.97 Å². The molecule has 0 atom stereocenters. The molecule has 17 heavy (non-hydrogen) atoms. The van der Waals surface area contributed by atoms with Gasteiger partial charge in [-0.25, -0.2) is 14.8 Å². The Labute approximate surface area is 101 Å². The van der Waals surface area contributed by atoms with Crippen molar-refractivity contribution < 1.29 is 14.5 Å². The van der Waals surface area contributed by atoms with Gasteiger partial charge in [0, 0.05) is 0 Å². The van der Waals surface area contributed by atoms with Crippen molar-refractivity contribution in [3.05, 3.63) is 33.4 Å². The second-order valence-corrected chi connectivity index (χ2v) is 3.41. The molecular weight excluding hydrogens is 250 g/mol. The third-order valence-electron chi connectivity index (χ3n) is 1.82. The second kappa shape index (κ2) is 4.88. The summed E-state index contributed by atoms with van der Waals surface area (Å²) in [6, 6.07) is 0. The van der Waals surface area contributed by atoms with E-state index >= 15 is 0 Å². The van der Waals surface area contributed by atoms with Gasteiger partial charge in [-0.15, -0.1) is 0 Å². The topological polar surface area (TPSA) is 95.2 Å². The lowest BCUT2D eigenvalue weighted by Crippen LogP contribution is -2.12. The zero-order valence-corrected chi connectivity index (χ0v) is 9.82. The summed E-state index contributed by atoms with van der Waals surface area (Å²) < 4.78 is 4.39. The highest BCUT2D eigenvalue weighted by atomic mass is 35.5. The normalized spacial score (nSPS) is 9.82. The average Bonchev–Trinajstić information content (AvgIpc) is 2.26. The van der Waals surface area contributed by atoms with Crippen LogP contribution in [0.15, 0.2) is 6.58 Å². The molecule has 1 aromatic heterocycles. The first kappa shape index (κ1) is 13.0. The monoisotopic (exact) mass is 257 g/mol. The first-order valence-corrected chi connectivity index (χ1v) is 4.72. The number of aromatic nitrogens is 2. The lowest BCUT2D eigenvalue weighted by atomic mass is 10.1. The SMILES string of the molecule is C=C(C)c1nc(Cl)nc(C(=O)OC)c1[N+](=O)[O-]. The van der Waals surface area contributed by atoms with Crippen LogP contribution in [0.5, 0.6) is 0 Å². The number of nitro groups is 1. The molecule has 8 heteroatoms. The summed E-state index contributed by atoms with van der Waals surface area (Å²) >= 11 is 5.58. The maximum Gasteiger partial charge on any atom is 0.364 e. The van der Waals surface area contributed by atoms with Crippen LogP contribution in [-0.4, -0.2) is 28.0 Å². The molecule has 0 unspecified atom stereocenters. The fourth-order valence-corrected chi connectivity index (χ4v) is 1.31. The zero-order chi connectivity index (χ0) is 13.2. The first-order valence-electron chi connectivity index (χ1n) is 4.34. The molecule has 0 saturated heterocycles. The van der Waals surface area contributed by atoms with Gasteiger partial charge >= 0.3 is 11.7 Å². The van der Waals surface area contributed by atoms with Gasteiger partial charge in [-0.05, 0) is 24.1 Å². The largest absolute Gasteiger partial charge is 0.464 e. The molecular formula is C9H8ClN3O4. The minimum atomic E-state index is -0.955. The maximum absolute atomic E-state index is 11.4. The molecule has 7 nitrogen and oxygen atoms in total. The van der Waals surface area contributed by atoms with Gasteiger partial charge in [-0.3, -0.25) is 10.1 Å². The van der Waals surface area contributed by atoms with Crippen molar-refractivity contribution in [2.24, 2.45) is 0 Å². The van der Waals surface area contributed by atoms with Crippen LogP contribution in [-0.2, 0) is 4.74 Å². The summed E-state index contributed by atoms with van der Waals surface area (Å²) in [6.07, 6.45) is 0. The van der Waals surface area contributed by atoms with Gasteiger partial charge in [0.1, 0.15) is 5.69 Å². The van der Waals surface area contributed by atoms with Crippen LogP contribution >= 0.6 is 11.6 Å². The van der Waals surface area contributed by atoms with E-state index in [1.807, 2.05) is 0 Å². The van der Waals surface area contributed by atoms with Crippen molar-refractivity contribution in [2.45, 2.75) is 6.92 Å². The van der Waals surface area contributed by atoms with Gasteiger partial charge in [0.2, 0.25) is 11.0 Å². The molecule has 0 aliphatic heterocycles. The van der Waals surface area contributed by atoms with Crippen LogP contribution in [0.1, 0.15) is 23.1 Å². The molecule has 0 N–H and O–H groups in total. The summed E-state index contributed by atoms with van der Waals surface area (Å²) in [5, 5.41) is 10.6. The summed E-state index contributed by atoms with van der Waals surface area (Å²) in [5.41, 5.74) is -0.842. The predicted molar refractivity (Wildman–Crippen MR) is 59.7 cm³/mol. The van der Waals surface area contributed by atoms with Crippen molar-refractivity contribution >= 4 is 28.8 Å². The van der Waals surface area contributed by atoms with E-state index in [9.17, 15) is 14.9 Å². The molecule has 1 heterocycles. The molecule has 0 bridgehead atoms. The van der Waals surface area contributed by atoms with Gasteiger partial charge in [0.25, 0.3) is 0 Å². The molecule has 0 amide bonds. The number of rotatable bonds is 3. The Morgan fingerprint density at radius 3 is 2.41 bits per heavy atom. The van der Waals surface area contributed by atoms with Crippen LogP contribution in [0.3, 0.4) is 0 Å². The van der Waals surface area contributed by atoms with Crippen LogP contribution in [0.25, 0.3) is 5.57 Å². The lowest BCUT2D eigenvalue weighted by Gasteiger charge is -2.05. The molecule has 90 valence electrons. The number of halogens is 1. The molecule has 0 spiro atoms. The number of allylic oxidation sites excluding steroid dienone is 1. The fourth-order valence-electron chi connectivity index (χ4n) is 1.14. The van der Waals surface area contributed by atoms with Crippen LogP contribution in [0.4, 0.5) is 5.69 Å². The Hall–Kier alpha value is -2.02. The number of methoxy groups -OCH3 is 1. The smallest absolute Gasteiger partial charge is 0.364 e. The Kier molecular flexibility index (Phi) is 3.74.